The van der Waals surface area contributed by atoms with Crippen LogP contribution in [0.25, 0.3) is 0 Å². The van der Waals surface area contributed by atoms with Crippen molar-refractivity contribution in [2.75, 3.05) is 33.9 Å². The van der Waals surface area contributed by atoms with Gasteiger partial charge >= 0.3 is 0 Å². The molecule has 0 aliphatic carbocycles. The van der Waals surface area contributed by atoms with E-state index in [-0.39, 0.29) is 24.0 Å². The minimum absolute atomic E-state index is 0. The van der Waals surface area contributed by atoms with Crippen LogP contribution in [0.5, 0.6) is 0 Å². The van der Waals surface area contributed by atoms with E-state index in [4.69, 9.17) is 4.74 Å². The Labute approximate surface area is 139 Å². The highest BCUT2D eigenvalue weighted by molar-refractivity contribution is 14.0. The Balaban J connectivity index is 0.00000361. The molecule has 6 heteroatoms. The molecule has 0 unspecified atom stereocenters. The van der Waals surface area contributed by atoms with Crippen molar-refractivity contribution >= 4 is 29.9 Å². The largest absolute Gasteiger partial charge is 0.385 e. The molecule has 1 heterocycles. The van der Waals surface area contributed by atoms with Gasteiger partial charge in [0.05, 0.1) is 6.54 Å². The number of aryl methyl sites for hydroxylation is 1. The third-order valence-electron chi connectivity index (χ3n) is 2.92. The number of rotatable bonds is 7. The van der Waals surface area contributed by atoms with E-state index in [1.807, 2.05) is 0 Å². The molecule has 0 fully saturated rings. The Hall–Kier alpha value is -0.760. The fourth-order valence-electron chi connectivity index (χ4n) is 1.84. The van der Waals surface area contributed by atoms with Gasteiger partial charge in [0, 0.05) is 52.8 Å². The number of nitrogens with zero attached hydrogens (tertiary/aromatic N) is 3. The lowest BCUT2D eigenvalue weighted by molar-refractivity contribution is 0.197. The maximum atomic E-state index is 5.04. The summed E-state index contributed by atoms with van der Waals surface area (Å²) in [5.74, 6) is 0.944. The van der Waals surface area contributed by atoms with E-state index >= 15 is 0 Å². The average molecular weight is 394 g/mol. The third kappa shape index (κ3) is 6.60. The number of ether oxygens (including phenoxy) is 1. The Morgan fingerprint density at radius 2 is 2.25 bits per heavy atom. The molecule has 0 atom stereocenters. The second-order valence-corrected chi connectivity index (χ2v) is 4.55. The minimum atomic E-state index is 0. The molecule has 0 bridgehead atoms. The van der Waals surface area contributed by atoms with Crippen molar-refractivity contribution in [1.29, 1.82) is 0 Å². The van der Waals surface area contributed by atoms with E-state index in [0.717, 1.165) is 38.6 Å². The number of methoxy groups -OCH3 is 1. The minimum Gasteiger partial charge on any atom is -0.385 e. The van der Waals surface area contributed by atoms with E-state index in [9.17, 15) is 0 Å². The van der Waals surface area contributed by atoms with Gasteiger partial charge in [-0.05, 0) is 25.5 Å². The SMILES string of the molecule is CCNC(=NCCCOC)N(C)Cc1cccn1C.I. The third-order valence-corrected chi connectivity index (χ3v) is 2.92. The Kier molecular flexibility index (Phi) is 10.5. The molecule has 20 heavy (non-hydrogen) atoms. The average Bonchev–Trinajstić information content (AvgIpc) is 2.79. The van der Waals surface area contributed by atoms with E-state index < -0.39 is 0 Å². The number of aliphatic imine (C=N–C) groups is 1. The number of hydrogen-bond acceptors (Lipinski definition) is 2. The van der Waals surface area contributed by atoms with Crippen LogP contribution in [0.4, 0.5) is 0 Å². The first kappa shape index (κ1) is 19.2. The van der Waals surface area contributed by atoms with E-state index in [0.29, 0.717) is 0 Å². The monoisotopic (exact) mass is 394 g/mol. The molecule has 0 saturated carbocycles. The lowest BCUT2D eigenvalue weighted by atomic mass is 10.4. The summed E-state index contributed by atoms with van der Waals surface area (Å²) >= 11 is 0. The fraction of sp³-hybridized carbons (Fsp3) is 0.643. The normalized spacial score (nSPS) is 11.1. The second-order valence-electron chi connectivity index (χ2n) is 4.55. The molecule has 0 amide bonds. The van der Waals surface area contributed by atoms with Gasteiger partial charge in [-0.15, -0.1) is 24.0 Å². The van der Waals surface area contributed by atoms with Gasteiger partial charge in [-0.2, -0.15) is 0 Å². The van der Waals surface area contributed by atoms with Gasteiger partial charge in [0.25, 0.3) is 0 Å². The zero-order valence-electron chi connectivity index (χ0n) is 12.9. The summed E-state index contributed by atoms with van der Waals surface area (Å²) in [6.45, 7) is 5.35. The van der Waals surface area contributed by atoms with Gasteiger partial charge in [0.1, 0.15) is 0 Å². The zero-order valence-corrected chi connectivity index (χ0v) is 15.3. The van der Waals surface area contributed by atoms with Gasteiger partial charge in [-0.1, -0.05) is 0 Å². The predicted octanol–water partition coefficient (Wildman–Crippen LogP) is 2.08. The first-order valence-electron chi connectivity index (χ1n) is 6.77. The second kappa shape index (κ2) is 11.0. The summed E-state index contributed by atoms with van der Waals surface area (Å²) in [6.07, 6.45) is 3.01. The number of halogens is 1. The molecule has 0 radical (unpaired) electrons. The van der Waals surface area contributed by atoms with Crippen molar-refractivity contribution in [3.63, 3.8) is 0 Å². The van der Waals surface area contributed by atoms with E-state index in [1.165, 1.54) is 5.69 Å². The molecule has 0 aromatic carbocycles. The molecule has 0 aliphatic heterocycles. The van der Waals surface area contributed by atoms with Crippen LogP contribution in [0.2, 0.25) is 0 Å². The number of aromatic nitrogens is 1. The topological polar surface area (TPSA) is 41.8 Å². The predicted molar refractivity (Wildman–Crippen MR) is 94.8 cm³/mol. The van der Waals surface area contributed by atoms with Crippen LogP contribution in [-0.2, 0) is 18.3 Å². The molecule has 5 nitrogen and oxygen atoms in total. The molecule has 1 aromatic heterocycles. The molecule has 1 rings (SSSR count). The van der Waals surface area contributed by atoms with Crippen LogP contribution >= 0.6 is 24.0 Å². The van der Waals surface area contributed by atoms with Crippen LogP contribution in [0.1, 0.15) is 19.0 Å². The number of hydrogen-bond donors (Lipinski definition) is 1. The molecule has 0 spiro atoms. The molecular weight excluding hydrogens is 367 g/mol. The lowest BCUT2D eigenvalue weighted by Crippen LogP contribution is -2.38. The van der Waals surface area contributed by atoms with Crippen LogP contribution in [0.3, 0.4) is 0 Å². The summed E-state index contributed by atoms with van der Waals surface area (Å²) in [4.78, 5) is 6.75. The van der Waals surface area contributed by atoms with E-state index in [1.54, 1.807) is 7.11 Å². The maximum Gasteiger partial charge on any atom is 0.194 e. The Bertz CT molecular complexity index is 392. The van der Waals surface area contributed by atoms with Crippen molar-refractivity contribution < 1.29 is 4.74 Å². The maximum absolute atomic E-state index is 5.04. The smallest absolute Gasteiger partial charge is 0.194 e. The van der Waals surface area contributed by atoms with Crippen molar-refractivity contribution in [3.05, 3.63) is 24.0 Å². The van der Waals surface area contributed by atoms with Crippen molar-refractivity contribution in [2.24, 2.45) is 12.0 Å². The lowest BCUT2D eigenvalue weighted by Gasteiger charge is -2.22. The fourth-order valence-corrected chi connectivity index (χ4v) is 1.84. The first-order chi connectivity index (χ1) is 9.19. The molecular formula is C14H27IN4O. The number of guanidine groups is 1. The van der Waals surface area contributed by atoms with E-state index in [2.05, 4.69) is 59.1 Å². The summed E-state index contributed by atoms with van der Waals surface area (Å²) in [5, 5.41) is 3.32. The summed E-state index contributed by atoms with van der Waals surface area (Å²) in [6, 6.07) is 4.19. The van der Waals surface area contributed by atoms with Crippen molar-refractivity contribution in [1.82, 2.24) is 14.8 Å². The van der Waals surface area contributed by atoms with Gasteiger partial charge in [-0.25, -0.2) is 0 Å². The van der Waals surface area contributed by atoms with Gasteiger partial charge in [0.2, 0.25) is 0 Å². The van der Waals surface area contributed by atoms with Crippen LogP contribution in [0, 0.1) is 0 Å². The molecule has 1 aromatic rings. The Morgan fingerprint density at radius 1 is 1.50 bits per heavy atom. The highest BCUT2D eigenvalue weighted by atomic mass is 127. The van der Waals surface area contributed by atoms with Gasteiger partial charge in [0.15, 0.2) is 5.96 Å². The molecule has 116 valence electrons. The zero-order chi connectivity index (χ0) is 14.1. The van der Waals surface area contributed by atoms with Crippen LogP contribution in [0.15, 0.2) is 23.3 Å². The Morgan fingerprint density at radius 3 is 2.80 bits per heavy atom. The van der Waals surface area contributed by atoms with Crippen molar-refractivity contribution in [3.8, 4) is 0 Å². The van der Waals surface area contributed by atoms with Crippen LogP contribution < -0.4 is 5.32 Å². The summed E-state index contributed by atoms with van der Waals surface area (Å²) in [7, 11) is 5.84. The highest BCUT2D eigenvalue weighted by Crippen LogP contribution is 2.03. The standard InChI is InChI=1S/C14H26N4O.HI/c1-5-15-14(16-9-7-11-19-4)18(3)12-13-8-6-10-17(13)2;/h6,8,10H,5,7,9,11-12H2,1-4H3,(H,15,16);1H. The number of nitrogens with one attached hydrogen (secondary N) is 1. The quantitative estimate of drug-likeness (QED) is 0.333. The van der Waals surface area contributed by atoms with Crippen LogP contribution in [-0.4, -0.2) is 49.3 Å². The van der Waals surface area contributed by atoms with Crippen molar-refractivity contribution in [2.45, 2.75) is 19.9 Å². The van der Waals surface area contributed by atoms with Gasteiger partial charge in [-0.3, -0.25) is 4.99 Å². The first-order valence-corrected chi connectivity index (χ1v) is 6.77. The molecule has 1 N–H and O–H groups in total. The van der Waals surface area contributed by atoms with Gasteiger partial charge < -0.3 is 19.5 Å². The molecule has 0 saturated heterocycles. The highest BCUT2D eigenvalue weighted by Gasteiger charge is 2.07. The molecule has 0 aliphatic rings. The summed E-state index contributed by atoms with van der Waals surface area (Å²) < 4.78 is 7.17. The summed E-state index contributed by atoms with van der Waals surface area (Å²) in [5.41, 5.74) is 1.27.